The van der Waals surface area contributed by atoms with E-state index in [1.165, 1.54) is 11.1 Å². The molecule has 0 bridgehead atoms. The number of aromatic nitrogens is 2. The molecule has 1 spiro atoms. The summed E-state index contributed by atoms with van der Waals surface area (Å²) in [6.45, 7) is 6.61. The van der Waals surface area contributed by atoms with E-state index in [1.807, 2.05) is 19.9 Å². The average Bonchev–Trinajstić information content (AvgIpc) is 3.34. The predicted molar refractivity (Wildman–Crippen MR) is 156 cm³/mol. The van der Waals surface area contributed by atoms with Crippen LogP contribution < -0.4 is 14.4 Å². The SMILES string of the molecule is COc1cc(C)c(S(=O)(=O)N2CCCCC2COc2nccc(N3CCC4(CC3)OCc3ccccc34)n2)c(C)c1. The highest BCUT2D eigenvalue weighted by molar-refractivity contribution is 7.89. The molecule has 2 aromatic carbocycles. The molecule has 1 aromatic heterocycles. The third-order valence-corrected chi connectivity index (χ3v) is 11.0. The van der Waals surface area contributed by atoms with Gasteiger partial charge < -0.3 is 19.1 Å². The molecule has 6 rings (SSSR count). The fourth-order valence-electron chi connectivity index (χ4n) is 6.65. The monoisotopic (exact) mass is 578 g/mol. The van der Waals surface area contributed by atoms with E-state index in [0.29, 0.717) is 34.9 Å². The van der Waals surface area contributed by atoms with Crippen LogP contribution in [-0.2, 0) is 27.0 Å². The number of sulfonamides is 1. The van der Waals surface area contributed by atoms with Crippen molar-refractivity contribution in [1.29, 1.82) is 0 Å². The number of fused-ring (bicyclic) bond motifs is 2. The molecule has 0 amide bonds. The van der Waals surface area contributed by atoms with Gasteiger partial charge in [-0.1, -0.05) is 30.7 Å². The van der Waals surface area contributed by atoms with Gasteiger partial charge in [0.15, 0.2) is 0 Å². The Morgan fingerprint density at radius 1 is 1.05 bits per heavy atom. The van der Waals surface area contributed by atoms with E-state index in [9.17, 15) is 8.42 Å². The molecule has 0 saturated carbocycles. The maximum atomic E-state index is 13.9. The van der Waals surface area contributed by atoms with Gasteiger partial charge in [-0.05, 0) is 80.0 Å². The van der Waals surface area contributed by atoms with Crippen LogP contribution in [0.5, 0.6) is 11.8 Å². The quantitative estimate of drug-likeness (QED) is 0.397. The minimum atomic E-state index is -3.72. The van der Waals surface area contributed by atoms with Crippen molar-refractivity contribution in [3.8, 4) is 11.8 Å². The van der Waals surface area contributed by atoms with Crippen LogP contribution in [0.4, 0.5) is 5.82 Å². The third-order valence-electron chi connectivity index (χ3n) is 8.74. The highest BCUT2D eigenvalue weighted by Crippen LogP contribution is 2.44. The van der Waals surface area contributed by atoms with Crippen molar-refractivity contribution >= 4 is 15.8 Å². The van der Waals surface area contributed by atoms with Gasteiger partial charge in [0.1, 0.15) is 18.2 Å². The molecular formula is C31H38N4O5S. The lowest BCUT2D eigenvalue weighted by atomic mass is 9.84. The van der Waals surface area contributed by atoms with Crippen molar-refractivity contribution in [1.82, 2.24) is 14.3 Å². The molecule has 1 atom stereocenters. The Morgan fingerprint density at radius 3 is 2.56 bits per heavy atom. The first-order chi connectivity index (χ1) is 19.8. The number of hydrogen-bond acceptors (Lipinski definition) is 8. The maximum absolute atomic E-state index is 13.9. The van der Waals surface area contributed by atoms with E-state index in [4.69, 9.17) is 19.2 Å². The molecule has 0 N–H and O–H groups in total. The molecule has 4 heterocycles. The first-order valence-electron chi connectivity index (χ1n) is 14.4. The molecule has 41 heavy (non-hydrogen) atoms. The third kappa shape index (κ3) is 5.29. The second-order valence-corrected chi connectivity index (χ2v) is 13.1. The Kier molecular flexibility index (Phi) is 7.65. The summed E-state index contributed by atoms with van der Waals surface area (Å²) >= 11 is 0. The molecule has 218 valence electrons. The molecule has 2 fully saturated rings. The fraction of sp³-hybridized carbons (Fsp3) is 0.484. The lowest BCUT2D eigenvalue weighted by molar-refractivity contribution is -0.0552. The van der Waals surface area contributed by atoms with Crippen molar-refractivity contribution in [3.05, 3.63) is 70.9 Å². The van der Waals surface area contributed by atoms with Crippen LogP contribution in [0.3, 0.4) is 0 Å². The number of hydrogen-bond donors (Lipinski definition) is 0. The van der Waals surface area contributed by atoms with Crippen molar-refractivity contribution in [2.75, 3.05) is 38.3 Å². The van der Waals surface area contributed by atoms with E-state index < -0.39 is 10.0 Å². The summed E-state index contributed by atoms with van der Waals surface area (Å²) in [5.74, 6) is 1.47. The molecule has 0 radical (unpaired) electrons. The van der Waals surface area contributed by atoms with Crippen LogP contribution in [0.1, 0.15) is 54.4 Å². The highest BCUT2D eigenvalue weighted by Gasteiger charge is 2.42. The number of aryl methyl sites for hydroxylation is 2. The summed E-state index contributed by atoms with van der Waals surface area (Å²) < 4.78 is 47.1. The Bertz CT molecular complexity index is 1500. The number of benzene rings is 2. The van der Waals surface area contributed by atoms with Gasteiger partial charge in [0.25, 0.3) is 0 Å². The summed E-state index contributed by atoms with van der Waals surface area (Å²) in [5, 5.41) is 0. The molecule has 1 unspecified atom stereocenters. The van der Waals surface area contributed by atoms with E-state index in [0.717, 1.165) is 51.0 Å². The summed E-state index contributed by atoms with van der Waals surface area (Å²) in [4.78, 5) is 11.6. The number of nitrogens with zero attached hydrogens (tertiary/aromatic N) is 4. The van der Waals surface area contributed by atoms with Gasteiger partial charge in [-0.15, -0.1) is 0 Å². The number of rotatable bonds is 7. The van der Waals surface area contributed by atoms with Gasteiger partial charge in [-0.2, -0.15) is 9.29 Å². The van der Waals surface area contributed by atoms with E-state index in [1.54, 1.807) is 29.7 Å². The molecule has 9 nitrogen and oxygen atoms in total. The molecule has 3 aliphatic heterocycles. The van der Waals surface area contributed by atoms with Crippen LogP contribution in [0, 0.1) is 13.8 Å². The topological polar surface area (TPSA) is 94.1 Å². The Balaban J connectivity index is 1.13. The van der Waals surface area contributed by atoms with Gasteiger partial charge in [0.2, 0.25) is 10.0 Å². The van der Waals surface area contributed by atoms with Crippen LogP contribution in [0.2, 0.25) is 0 Å². The van der Waals surface area contributed by atoms with Crippen molar-refractivity contribution in [2.45, 2.75) is 69.1 Å². The van der Waals surface area contributed by atoms with Crippen molar-refractivity contribution in [2.24, 2.45) is 0 Å². The zero-order valence-electron chi connectivity index (χ0n) is 24.0. The zero-order valence-corrected chi connectivity index (χ0v) is 24.8. The lowest BCUT2D eigenvalue weighted by Crippen LogP contribution is -2.47. The minimum Gasteiger partial charge on any atom is -0.497 e. The first kappa shape index (κ1) is 27.9. The fourth-order valence-corrected chi connectivity index (χ4v) is 8.75. The van der Waals surface area contributed by atoms with Crippen LogP contribution in [0.25, 0.3) is 0 Å². The summed E-state index contributed by atoms with van der Waals surface area (Å²) in [7, 11) is -2.14. The second kappa shape index (κ2) is 11.2. The van der Waals surface area contributed by atoms with Gasteiger partial charge in [-0.3, -0.25) is 0 Å². The van der Waals surface area contributed by atoms with Gasteiger partial charge in [0, 0.05) is 25.8 Å². The van der Waals surface area contributed by atoms with Gasteiger partial charge in [0.05, 0.1) is 30.3 Å². The maximum Gasteiger partial charge on any atom is 0.318 e. The molecule has 0 aliphatic carbocycles. The van der Waals surface area contributed by atoms with Gasteiger partial charge in [-0.25, -0.2) is 13.4 Å². The van der Waals surface area contributed by atoms with E-state index in [-0.39, 0.29) is 24.3 Å². The Hall–Kier alpha value is -3.21. The van der Waals surface area contributed by atoms with Crippen LogP contribution in [0.15, 0.2) is 53.6 Å². The van der Waals surface area contributed by atoms with Crippen LogP contribution in [-0.4, -0.2) is 62.1 Å². The number of anilines is 1. The highest BCUT2D eigenvalue weighted by atomic mass is 32.2. The van der Waals surface area contributed by atoms with Gasteiger partial charge >= 0.3 is 6.01 Å². The second-order valence-electron chi connectivity index (χ2n) is 11.3. The number of piperidine rings is 2. The summed E-state index contributed by atoms with van der Waals surface area (Å²) in [6.07, 6.45) is 5.99. The number of ether oxygens (including phenoxy) is 3. The summed E-state index contributed by atoms with van der Waals surface area (Å²) in [5.41, 5.74) is 3.75. The van der Waals surface area contributed by atoms with Crippen molar-refractivity contribution in [3.63, 3.8) is 0 Å². The minimum absolute atomic E-state index is 0.199. The average molecular weight is 579 g/mol. The van der Waals surface area contributed by atoms with E-state index in [2.05, 4.69) is 34.1 Å². The largest absolute Gasteiger partial charge is 0.497 e. The lowest BCUT2D eigenvalue weighted by Gasteiger charge is -2.39. The molecular weight excluding hydrogens is 540 g/mol. The standard InChI is InChI=1S/C31H38N4O5S/c1-22-18-26(38-3)19-23(2)29(22)41(36,37)35-15-7-6-9-25(35)21-39-30-32-14-11-28(33-30)34-16-12-31(13-17-34)27-10-5-4-8-24(27)20-40-31/h4-5,8,10-11,14,18-19,25H,6-7,9,12-13,15-17,20-21H2,1-3H3. The molecule has 3 aliphatic rings. The Morgan fingerprint density at radius 2 is 1.80 bits per heavy atom. The zero-order chi connectivity index (χ0) is 28.6. The number of methoxy groups -OCH3 is 1. The smallest absolute Gasteiger partial charge is 0.318 e. The molecule has 10 heteroatoms. The van der Waals surface area contributed by atoms with E-state index >= 15 is 0 Å². The van der Waals surface area contributed by atoms with Crippen LogP contribution >= 0.6 is 0 Å². The Labute approximate surface area is 242 Å². The molecule has 2 saturated heterocycles. The first-order valence-corrected chi connectivity index (χ1v) is 15.8. The van der Waals surface area contributed by atoms with Crippen molar-refractivity contribution < 1.29 is 22.6 Å². The summed E-state index contributed by atoms with van der Waals surface area (Å²) in [6, 6.07) is 13.9. The molecule has 3 aromatic rings. The normalized spacial score (nSPS) is 20.7. The predicted octanol–water partition coefficient (Wildman–Crippen LogP) is 4.75.